The third kappa shape index (κ3) is 8.06. The maximum atomic E-state index is 13.1. The van der Waals surface area contributed by atoms with E-state index in [1.54, 1.807) is 0 Å². The topological polar surface area (TPSA) is 116 Å². The molecule has 1 saturated heterocycles. The van der Waals surface area contributed by atoms with E-state index < -0.39 is 11.7 Å². The number of halogens is 1. The van der Waals surface area contributed by atoms with Crippen molar-refractivity contribution in [3.05, 3.63) is 0 Å². The Labute approximate surface area is 238 Å². The number of hydrogen-bond donors (Lipinski definition) is 4. The Hall–Kier alpha value is -1.46. The van der Waals surface area contributed by atoms with Crippen molar-refractivity contribution in [2.24, 2.45) is 16.8 Å². The zero-order valence-electron chi connectivity index (χ0n) is 24.3. The Morgan fingerprint density at radius 1 is 1.08 bits per heavy atom. The second-order valence-corrected chi connectivity index (χ2v) is 13.2. The van der Waals surface area contributed by atoms with Crippen LogP contribution >= 0.6 is 11.6 Å². The number of carbonyl (C=O) groups excluding carboxylic acids is 2. The van der Waals surface area contributed by atoms with Gasteiger partial charge in [0.25, 0.3) is 0 Å². The second kappa shape index (κ2) is 13.5. The summed E-state index contributed by atoms with van der Waals surface area (Å²) < 4.78 is 11.1. The first-order valence-electron chi connectivity index (χ1n) is 14.8. The predicted octanol–water partition coefficient (Wildman–Crippen LogP) is 3.29. The Morgan fingerprint density at radius 2 is 1.79 bits per heavy atom. The first kappa shape index (κ1) is 30.5. The fourth-order valence-corrected chi connectivity index (χ4v) is 7.00. The minimum absolute atomic E-state index is 0.0224. The van der Waals surface area contributed by atoms with Crippen LogP contribution in [0.1, 0.15) is 85.5 Å². The average molecular weight is 569 g/mol. The summed E-state index contributed by atoms with van der Waals surface area (Å²) in [6.07, 6.45) is 8.06. The van der Waals surface area contributed by atoms with Gasteiger partial charge < -0.3 is 20.1 Å². The van der Waals surface area contributed by atoms with E-state index in [0.29, 0.717) is 43.8 Å². The highest BCUT2D eigenvalue weighted by Crippen LogP contribution is 2.41. The van der Waals surface area contributed by atoms with Gasteiger partial charge >= 0.3 is 6.09 Å². The van der Waals surface area contributed by atoms with Gasteiger partial charge in [0.2, 0.25) is 5.91 Å². The largest absolute Gasteiger partial charge is 0.444 e. The van der Waals surface area contributed by atoms with Crippen molar-refractivity contribution in [1.82, 2.24) is 26.4 Å². The summed E-state index contributed by atoms with van der Waals surface area (Å²) in [6.45, 7) is 8.60. The molecule has 4 N–H and O–H groups in total. The number of hydrogen-bond acceptors (Lipinski definition) is 8. The molecule has 3 fully saturated rings. The molecule has 2 amide bonds. The van der Waals surface area contributed by atoms with E-state index in [4.69, 9.17) is 26.1 Å². The molecule has 5 unspecified atom stereocenters. The van der Waals surface area contributed by atoms with Crippen molar-refractivity contribution in [3.63, 3.8) is 0 Å². The van der Waals surface area contributed by atoms with Crippen molar-refractivity contribution in [2.45, 2.75) is 127 Å². The lowest BCUT2D eigenvalue weighted by Gasteiger charge is -2.44. The summed E-state index contributed by atoms with van der Waals surface area (Å²) >= 11 is 6.48. The minimum atomic E-state index is -0.532. The van der Waals surface area contributed by atoms with Crippen LogP contribution in [-0.4, -0.2) is 84.3 Å². The molecule has 6 atom stereocenters. The lowest BCUT2D eigenvalue weighted by molar-refractivity contribution is -0.121. The van der Waals surface area contributed by atoms with Gasteiger partial charge in [-0.05, 0) is 85.0 Å². The summed E-state index contributed by atoms with van der Waals surface area (Å²) in [4.78, 5) is 32.9. The number of ether oxygens (including phenoxy) is 2. The van der Waals surface area contributed by atoms with Gasteiger partial charge in [-0.25, -0.2) is 15.6 Å². The lowest BCUT2D eigenvalue weighted by atomic mass is 9.72. The van der Waals surface area contributed by atoms with Gasteiger partial charge in [-0.3, -0.25) is 14.7 Å². The maximum absolute atomic E-state index is 13.1. The Morgan fingerprint density at radius 3 is 2.49 bits per heavy atom. The summed E-state index contributed by atoms with van der Waals surface area (Å²) in [5, 5.41) is 6.03. The molecule has 2 aliphatic carbocycles. The number of hydrazine groups is 1. The summed E-state index contributed by atoms with van der Waals surface area (Å²) in [5.41, 5.74) is 7.64. The van der Waals surface area contributed by atoms with Crippen LogP contribution in [-0.2, 0) is 14.3 Å². The molecule has 2 aliphatic heterocycles. The number of alkyl halides is 1. The quantitative estimate of drug-likeness (QED) is 0.262. The first-order chi connectivity index (χ1) is 18.6. The van der Waals surface area contributed by atoms with E-state index in [2.05, 4.69) is 33.3 Å². The van der Waals surface area contributed by atoms with Crippen molar-refractivity contribution in [2.75, 3.05) is 20.2 Å². The SMILES string of the molecule is COC1CCC2C(C1)C(C1CCC(Cl)CC1)=N[C@@H](CC(=O)NCCCNC(=O)OC(C)(C)C)C1NNC(C)N21. The predicted molar refractivity (Wildman–Crippen MR) is 153 cm³/mol. The molecule has 0 aromatic rings. The third-order valence-corrected chi connectivity index (χ3v) is 9.00. The molecule has 0 aromatic carbocycles. The summed E-state index contributed by atoms with van der Waals surface area (Å²) in [5.74, 6) is 0.709. The highest BCUT2D eigenvalue weighted by atomic mass is 35.5. The number of amides is 2. The number of alkyl carbamates (subject to hydrolysis) is 1. The van der Waals surface area contributed by atoms with Gasteiger partial charge in [0, 0.05) is 43.2 Å². The number of nitrogens with one attached hydrogen (secondary N) is 4. The molecule has 4 rings (SSSR count). The molecule has 0 spiro atoms. The third-order valence-electron chi connectivity index (χ3n) is 8.56. The van der Waals surface area contributed by atoms with E-state index in [1.165, 1.54) is 5.71 Å². The Bertz CT molecular complexity index is 875. The number of carbonyl (C=O) groups is 2. The maximum Gasteiger partial charge on any atom is 0.407 e. The van der Waals surface area contributed by atoms with E-state index in [0.717, 1.165) is 44.9 Å². The van der Waals surface area contributed by atoms with E-state index in [9.17, 15) is 9.59 Å². The molecule has 0 radical (unpaired) electrons. The van der Waals surface area contributed by atoms with Gasteiger partial charge in [0.15, 0.2) is 0 Å². The fourth-order valence-electron chi connectivity index (χ4n) is 6.74. The molecular formula is C28H49ClN6O4. The van der Waals surface area contributed by atoms with Crippen molar-refractivity contribution in [1.29, 1.82) is 0 Å². The van der Waals surface area contributed by atoms with Gasteiger partial charge in [0.05, 0.1) is 30.9 Å². The molecule has 222 valence electrons. The molecule has 2 saturated carbocycles. The van der Waals surface area contributed by atoms with Crippen LogP contribution in [0.4, 0.5) is 4.79 Å². The Balaban J connectivity index is 1.43. The molecule has 4 aliphatic rings. The van der Waals surface area contributed by atoms with Gasteiger partial charge in [-0.2, -0.15) is 0 Å². The van der Waals surface area contributed by atoms with E-state index in [1.807, 2.05) is 27.9 Å². The van der Waals surface area contributed by atoms with Crippen LogP contribution < -0.4 is 21.5 Å². The fraction of sp³-hybridized carbons (Fsp3) is 0.893. The smallest absolute Gasteiger partial charge is 0.407 e. The number of methoxy groups -OCH3 is 1. The monoisotopic (exact) mass is 568 g/mol. The molecule has 10 nitrogen and oxygen atoms in total. The zero-order valence-corrected chi connectivity index (χ0v) is 25.1. The number of aliphatic imine (C=N–C) groups is 1. The van der Waals surface area contributed by atoms with Crippen LogP contribution in [0, 0.1) is 11.8 Å². The molecule has 39 heavy (non-hydrogen) atoms. The zero-order chi connectivity index (χ0) is 28.2. The summed E-state index contributed by atoms with van der Waals surface area (Å²) in [7, 11) is 1.82. The molecule has 0 bridgehead atoms. The van der Waals surface area contributed by atoms with Gasteiger partial charge in [-0.15, -0.1) is 11.6 Å². The summed E-state index contributed by atoms with van der Waals surface area (Å²) in [6, 6.07) is 0.163. The van der Waals surface area contributed by atoms with Crippen molar-refractivity contribution >= 4 is 29.3 Å². The first-order valence-corrected chi connectivity index (χ1v) is 15.3. The molecule has 0 aromatic heterocycles. The average Bonchev–Trinajstić information content (AvgIpc) is 3.20. The molecule has 2 heterocycles. The number of rotatable bonds is 8. The van der Waals surface area contributed by atoms with Crippen LogP contribution in [0.3, 0.4) is 0 Å². The van der Waals surface area contributed by atoms with Gasteiger partial charge in [0.1, 0.15) is 5.60 Å². The lowest BCUT2D eigenvalue weighted by Crippen LogP contribution is -2.55. The molecular weight excluding hydrogens is 520 g/mol. The van der Waals surface area contributed by atoms with Crippen molar-refractivity contribution < 1.29 is 19.1 Å². The van der Waals surface area contributed by atoms with Crippen molar-refractivity contribution in [3.8, 4) is 0 Å². The Kier molecular flexibility index (Phi) is 10.5. The highest BCUT2D eigenvalue weighted by molar-refractivity contribution is 6.20. The van der Waals surface area contributed by atoms with Crippen LogP contribution in [0.25, 0.3) is 0 Å². The number of nitrogens with zero attached hydrogens (tertiary/aromatic N) is 2. The van der Waals surface area contributed by atoms with Crippen LogP contribution in [0.2, 0.25) is 0 Å². The highest BCUT2D eigenvalue weighted by Gasteiger charge is 2.50. The van der Waals surface area contributed by atoms with E-state index in [-0.39, 0.29) is 35.8 Å². The molecule has 11 heteroatoms. The second-order valence-electron chi connectivity index (χ2n) is 12.6. The standard InChI is InChI=1S/C28H49ClN6O4/c1-17-33-34-26-22(16-24(36)30-13-6-14-31-27(37)39-28(2,3)4)32-25(18-7-9-19(29)10-8-18)21-15-20(38-5)11-12-23(21)35(17)26/h17-23,26,33-34H,6-16H2,1-5H3,(H,30,36)(H,31,37)/t17?,18?,19?,20?,21?,22-,23?,26?/m0/s1. The van der Waals surface area contributed by atoms with E-state index >= 15 is 0 Å². The minimum Gasteiger partial charge on any atom is -0.444 e. The van der Waals surface area contributed by atoms with Crippen LogP contribution in [0.5, 0.6) is 0 Å². The van der Waals surface area contributed by atoms with Gasteiger partial charge in [-0.1, -0.05) is 0 Å². The normalized spacial score (nSPS) is 35.3. The van der Waals surface area contributed by atoms with Crippen LogP contribution in [0.15, 0.2) is 4.99 Å². The number of fused-ring (bicyclic) bond motifs is 3.